The van der Waals surface area contributed by atoms with Crippen LogP contribution in [0.1, 0.15) is 30.4 Å². The summed E-state index contributed by atoms with van der Waals surface area (Å²) in [6.07, 6.45) is 6.63. The maximum Gasteiger partial charge on any atom is 0.303 e. The van der Waals surface area contributed by atoms with Crippen LogP contribution in [0.15, 0.2) is 84.0 Å². The van der Waals surface area contributed by atoms with Crippen LogP contribution in [0, 0.1) is 0 Å². The summed E-state index contributed by atoms with van der Waals surface area (Å²) in [7, 11) is -2.22. The molecule has 2 aromatic carbocycles. The number of carboxylic acid groups (broad SMARTS) is 1. The number of aliphatic carboxylic acids is 1. The number of sulfonamides is 1. The summed E-state index contributed by atoms with van der Waals surface area (Å²) < 4.78 is 32.9. The summed E-state index contributed by atoms with van der Waals surface area (Å²) in [6.45, 7) is 0. The third kappa shape index (κ3) is 6.18. The molecule has 0 atom stereocenters. The van der Waals surface area contributed by atoms with Gasteiger partial charge in [-0.15, -0.1) is 0 Å². The van der Waals surface area contributed by atoms with Crippen LogP contribution in [-0.4, -0.2) is 31.6 Å². The molecule has 0 fully saturated rings. The first-order chi connectivity index (χ1) is 15.4. The van der Waals surface area contributed by atoms with Crippen molar-refractivity contribution in [3.05, 3.63) is 90.3 Å². The van der Waals surface area contributed by atoms with Gasteiger partial charge in [0.1, 0.15) is 5.75 Å². The summed E-state index contributed by atoms with van der Waals surface area (Å²) in [5.74, 6) is -0.249. The number of hydrogen-bond donors (Lipinski definition) is 2. The number of pyridine rings is 1. The minimum absolute atomic E-state index is 0.100. The van der Waals surface area contributed by atoms with Gasteiger partial charge in [0, 0.05) is 30.1 Å². The molecule has 0 unspecified atom stereocenters. The van der Waals surface area contributed by atoms with Crippen LogP contribution >= 0.6 is 0 Å². The summed E-state index contributed by atoms with van der Waals surface area (Å²) in [5.41, 5.74) is 3.11. The van der Waals surface area contributed by atoms with Gasteiger partial charge in [-0.05, 0) is 66.4 Å². The molecular formula is C24H24N2O5S. The molecule has 0 aliphatic rings. The van der Waals surface area contributed by atoms with E-state index in [1.165, 1.54) is 19.2 Å². The SMILES string of the molecule is COc1ccc(S(=O)(=O)Nc2ccc(/C(=C/CCCC(=O)O)c3cccnc3)cc2)cc1. The van der Waals surface area contributed by atoms with Gasteiger partial charge in [0.05, 0.1) is 12.0 Å². The van der Waals surface area contributed by atoms with Crippen LogP contribution in [-0.2, 0) is 14.8 Å². The molecule has 3 aromatic rings. The zero-order valence-corrected chi connectivity index (χ0v) is 18.4. The van der Waals surface area contributed by atoms with E-state index in [0.717, 1.165) is 16.7 Å². The number of nitrogens with zero attached hydrogens (tertiary/aromatic N) is 1. The van der Waals surface area contributed by atoms with Gasteiger partial charge in [-0.1, -0.05) is 24.3 Å². The minimum Gasteiger partial charge on any atom is -0.497 e. The van der Waals surface area contributed by atoms with Crippen molar-refractivity contribution in [2.75, 3.05) is 11.8 Å². The predicted molar refractivity (Wildman–Crippen MR) is 123 cm³/mol. The number of rotatable bonds is 10. The molecule has 166 valence electrons. The predicted octanol–water partition coefficient (Wildman–Crippen LogP) is 4.58. The van der Waals surface area contributed by atoms with Crippen LogP contribution in [0.3, 0.4) is 0 Å². The Hall–Kier alpha value is -3.65. The highest BCUT2D eigenvalue weighted by Crippen LogP contribution is 2.26. The molecule has 0 bridgehead atoms. The highest BCUT2D eigenvalue weighted by Gasteiger charge is 2.14. The van der Waals surface area contributed by atoms with E-state index in [1.54, 1.807) is 36.7 Å². The summed E-state index contributed by atoms with van der Waals surface area (Å²) in [6, 6.07) is 16.9. The molecule has 8 heteroatoms. The first-order valence-corrected chi connectivity index (χ1v) is 11.5. The fourth-order valence-electron chi connectivity index (χ4n) is 3.11. The van der Waals surface area contributed by atoms with Crippen molar-refractivity contribution in [2.45, 2.75) is 24.2 Å². The summed E-state index contributed by atoms with van der Waals surface area (Å²) in [5, 5.41) is 8.85. The van der Waals surface area contributed by atoms with Crippen LogP contribution in [0.5, 0.6) is 5.75 Å². The van der Waals surface area contributed by atoms with Gasteiger partial charge in [0.25, 0.3) is 10.0 Å². The number of carboxylic acids is 1. The van der Waals surface area contributed by atoms with Crippen molar-refractivity contribution in [3.8, 4) is 5.75 Å². The number of carbonyl (C=O) groups is 1. The van der Waals surface area contributed by atoms with Gasteiger partial charge in [0.15, 0.2) is 0 Å². The molecule has 2 N–H and O–H groups in total. The van der Waals surface area contributed by atoms with Crippen LogP contribution in [0.4, 0.5) is 5.69 Å². The number of allylic oxidation sites excluding steroid dienone is 1. The van der Waals surface area contributed by atoms with E-state index in [9.17, 15) is 13.2 Å². The maximum atomic E-state index is 12.7. The zero-order valence-electron chi connectivity index (χ0n) is 17.6. The quantitative estimate of drug-likeness (QED) is 0.436. The Morgan fingerprint density at radius 1 is 1.06 bits per heavy atom. The average Bonchev–Trinajstić information content (AvgIpc) is 2.80. The first kappa shape index (κ1) is 23.0. The Labute approximate surface area is 187 Å². The van der Waals surface area contributed by atoms with E-state index < -0.39 is 16.0 Å². The molecule has 3 rings (SSSR count). The molecule has 7 nitrogen and oxygen atoms in total. The Morgan fingerprint density at radius 2 is 1.78 bits per heavy atom. The van der Waals surface area contributed by atoms with E-state index in [-0.39, 0.29) is 11.3 Å². The van der Waals surface area contributed by atoms with Gasteiger partial charge >= 0.3 is 5.97 Å². The number of ether oxygens (including phenoxy) is 1. The fourth-order valence-corrected chi connectivity index (χ4v) is 4.17. The second kappa shape index (κ2) is 10.6. The highest BCUT2D eigenvalue weighted by molar-refractivity contribution is 7.92. The van der Waals surface area contributed by atoms with Crippen LogP contribution in [0.25, 0.3) is 5.57 Å². The molecule has 0 spiro atoms. The molecule has 0 saturated carbocycles. The maximum absolute atomic E-state index is 12.7. The van der Waals surface area contributed by atoms with Gasteiger partial charge in [-0.25, -0.2) is 8.42 Å². The number of benzene rings is 2. The van der Waals surface area contributed by atoms with E-state index in [4.69, 9.17) is 9.84 Å². The van der Waals surface area contributed by atoms with Gasteiger partial charge in [-0.2, -0.15) is 0 Å². The second-order valence-electron chi connectivity index (χ2n) is 7.00. The lowest BCUT2D eigenvalue weighted by atomic mass is 9.97. The fraction of sp³-hybridized carbons (Fsp3) is 0.167. The molecule has 0 amide bonds. The first-order valence-electron chi connectivity index (χ1n) is 9.99. The molecule has 0 saturated heterocycles. The Morgan fingerprint density at radius 3 is 2.38 bits per heavy atom. The lowest BCUT2D eigenvalue weighted by Gasteiger charge is -2.12. The largest absolute Gasteiger partial charge is 0.497 e. The van der Waals surface area contributed by atoms with Gasteiger partial charge in [-0.3, -0.25) is 14.5 Å². The molecule has 1 aromatic heterocycles. The van der Waals surface area contributed by atoms with E-state index in [0.29, 0.717) is 24.3 Å². The monoisotopic (exact) mass is 452 g/mol. The molecule has 32 heavy (non-hydrogen) atoms. The highest BCUT2D eigenvalue weighted by atomic mass is 32.2. The molecule has 1 heterocycles. The number of hydrogen-bond acceptors (Lipinski definition) is 5. The van der Waals surface area contributed by atoms with Crippen molar-refractivity contribution < 1.29 is 23.1 Å². The number of unbranched alkanes of at least 4 members (excludes halogenated alkanes) is 1. The van der Waals surface area contributed by atoms with E-state index >= 15 is 0 Å². The molecule has 0 radical (unpaired) electrons. The average molecular weight is 453 g/mol. The topological polar surface area (TPSA) is 106 Å². The summed E-state index contributed by atoms with van der Waals surface area (Å²) in [4.78, 5) is 15.1. The second-order valence-corrected chi connectivity index (χ2v) is 8.69. The van der Waals surface area contributed by atoms with Crippen molar-refractivity contribution in [1.29, 1.82) is 0 Å². The third-order valence-corrected chi connectivity index (χ3v) is 6.13. The standard InChI is InChI=1S/C24H24N2O5S/c1-31-21-12-14-22(15-13-21)32(29,30)26-20-10-8-18(9-11-20)23(6-2-3-7-24(27)28)19-5-4-16-25-17-19/h4-6,8-17,26H,2-3,7H2,1H3,(H,27,28)/b23-6-. The van der Waals surface area contributed by atoms with Gasteiger partial charge in [0.2, 0.25) is 0 Å². The Kier molecular flexibility index (Phi) is 7.62. The molecule has 0 aliphatic carbocycles. The summed E-state index contributed by atoms with van der Waals surface area (Å²) >= 11 is 0. The van der Waals surface area contributed by atoms with E-state index in [1.807, 2.05) is 30.3 Å². The number of anilines is 1. The van der Waals surface area contributed by atoms with Crippen molar-refractivity contribution in [1.82, 2.24) is 4.98 Å². The molecule has 0 aliphatic heterocycles. The number of methoxy groups -OCH3 is 1. The third-order valence-electron chi connectivity index (χ3n) is 4.73. The smallest absolute Gasteiger partial charge is 0.303 e. The Balaban J connectivity index is 1.80. The van der Waals surface area contributed by atoms with Crippen molar-refractivity contribution in [3.63, 3.8) is 0 Å². The van der Waals surface area contributed by atoms with Gasteiger partial charge < -0.3 is 9.84 Å². The number of aromatic nitrogens is 1. The van der Waals surface area contributed by atoms with Crippen molar-refractivity contribution >= 4 is 27.3 Å². The van der Waals surface area contributed by atoms with Crippen LogP contribution < -0.4 is 9.46 Å². The lowest BCUT2D eigenvalue weighted by molar-refractivity contribution is -0.137. The van der Waals surface area contributed by atoms with E-state index in [2.05, 4.69) is 9.71 Å². The van der Waals surface area contributed by atoms with Crippen LogP contribution in [0.2, 0.25) is 0 Å². The zero-order chi connectivity index (χ0) is 23.0. The minimum atomic E-state index is -3.74. The Bertz CT molecular complexity index is 1170. The lowest BCUT2D eigenvalue weighted by Crippen LogP contribution is -2.12. The van der Waals surface area contributed by atoms with Crippen molar-refractivity contribution in [2.24, 2.45) is 0 Å². The molecular weight excluding hydrogens is 428 g/mol. The normalized spacial score (nSPS) is 11.7. The number of nitrogens with one attached hydrogen (secondary N) is 1.